The highest BCUT2D eigenvalue weighted by Crippen LogP contribution is 2.29. The van der Waals surface area contributed by atoms with Gasteiger partial charge in [-0.2, -0.15) is 0 Å². The van der Waals surface area contributed by atoms with Crippen LogP contribution in [0.5, 0.6) is 0 Å². The minimum Gasteiger partial charge on any atom is -0.445 e. The number of hydrogen-bond donors (Lipinski definition) is 0. The molecule has 17 heavy (non-hydrogen) atoms. The maximum Gasteiger partial charge on any atom is 0.226 e. The molecule has 0 aliphatic rings. The zero-order chi connectivity index (χ0) is 11.5. The molecule has 2 heterocycles. The zero-order valence-corrected chi connectivity index (χ0v) is 9.08. The summed E-state index contributed by atoms with van der Waals surface area (Å²) < 4.78 is 5.34. The van der Waals surface area contributed by atoms with Crippen LogP contribution in [0.2, 0.25) is 0 Å². The van der Waals surface area contributed by atoms with Crippen LogP contribution in [-0.2, 0) is 0 Å². The van der Waals surface area contributed by atoms with Crippen molar-refractivity contribution >= 4 is 0 Å². The maximum atomic E-state index is 5.34. The Hall–Kier alpha value is -2.42. The Bertz CT molecular complexity index is 603. The first-order chi connectivity index (χ1) is 8.45. The topological polar surface area (TPSA) is 38.9 Å². The quantitative estimate of drug-likeness (QED) is 0.667. The average Bonchev–Trinajstić information content (AvgIpc) is 2.94. The highest BCUT2D eigenvalue weighted by molar-refractivity contribution is 5.78. The zero-order valence-electron chi connectivity index (χ0n) is 9.08. The molecule has 0 spiro atoms. The summed E-state index contributed by atoms with van der Waals surface area (Å²) in [6.07, 6.45) is 6.79. The summed E-state index contributed by atoms with van der Waals surface area (Å²) >= 11 is 0. The Kier molecular flexibility index (Phi) is 2.43. The monoisotopic (exact) mass is 222 g/mol. The van der Waals surface area contributed by atoms with Crippen molar-refractivity contribution in [2.75, 3.05) is 0 Å². The lowest BCUT2D eigenvalue weighted by Gasteiger charge is -2.05. The predicted octanol–water partition coefficient (Wildman–Crippen LogP) is 3.40. The Morgan fingerprint density at radius 2 is 1.76 bits per heavy atom. The van der Waals surface area contributed by atoms with Crippen LogP contribution in [0.25, 0.3) is 22.6 Å². The van der Waals surface area contributed by atoms with Crippen molar-refractivity contribution in [3.05, 3.63) is 61.3 Å². The summed E-state index contributed by atoms with van der Waals surface area (Å²) in [5, 5.41) is 0. The fourth-order valence-corrected chi connectivity index (χ4v) is 1.79. The van der Waals surface area contributed by atoms with E-state index >= 15 is 0 Å². The van der Waals surface area contributed by atoms with Crippen molar-refractivity contribution in [2.24, 2.45) is 0 Å². The van der Waals surface area contributed by atoms with E-state index in [2.05, 4.69) is 9.97 Å². The van der Waals surface area contributed by atoms with E-state index in [0.717, 1.165) is 16.7 Å². The number of pyridine rings is 1. The third-order valence-electron chi connectivity index (χ3n) is 2.57. The molecule has 0 N–H and O–H groups in total. The molecule has 0 fully saturated rings. The van der Waals surface area contributed by atoms with Gasteiger partial charge in [0.15, 0.2) is 0 Å². The second-order valence-corrected chi connectivity index (χ2v) is 3.62. The molecule has 0 atom stereocenters. The van der Waals surface area contributed by atoms with E-state index in [0.29, 0.717) is 5.89 Å². The van der Waals surface area contributed by atoms with Crippen LogP contribution >= 0.6 is 0 Å². The Balaban J connectivity index is 2.18. The van der Waals surface area contributed by atoms with Crippen molar-refractivity contribution in [1.29, 1.82) is 0 Å². The third-order valence-corrected chi connectivity index (χ3v) is 2.57. The van der Waals surface area contributed by atoms with Gasteiger partial charge in [0.2, 0.25) is 5.89 Å². The second kappa shape index (κ2) is 4.22. The summed E-state index contributed by atoms with van der Waals surface area (Å²) in [5.74, 6) is 0.617. The molecule has 3 rings (SSSR count). The van der Waals surface area contributed by atoms with Gasteiger partial charge in [-0.3, -0.25) is 4.98 Å². The number of aromatic nitrogens is 2. The molecule has 0 saturated heterocycles. The molecule has 3 nitrogen and oxygen atoms in total. The van der Waals surface area contributed by atoms with Crippen LogP contribution in [0.3, 0.4) is 0 Å². The smallest absolute Gasteiger partial charge is 0.226 e. The fraction of sp³-hybridized carbons (Fsp3) is 0. The van der Waals surface area contributed by atoms with Crippen LogP contribution in [-0.4, -0.2) is 9.97 Å². The van der Waals surface area contributed by atoms with E-state index in [-0.39, 0.29) is 0 Å². The van der Waals surface area contributed by atoms with Crippen LogP contribution in [0, 0.1) is 0 Å². The van der Waals surface area contributed by atoms with Crippen LogP contribution in [0.1, 0.15) is 0 Å². The largest absolute Gasteiger partial charge is 0.445 e. The first kappa shape index (κ1) is 9.78. The van der Waals surface area contributed by atoms with Crippen molar-refractivity contribution in [3.8, 4) is 22.6 Å². The Morgan fingerprint density at radius 1 is 0.882 bits per heavy atom. The Morgan fingerprint density at radius 3 is 2.53 bits per heavy atom. The molecular formula is C14H10N2O. The van der Waals surface area contributed by atoms with Gasteiger partial charge >= 0.3 is 0 Å². The van der Waals surface area contributed by atoms with Gasteiger partial charge in [-0.1, -0.05) is 30.3 Å². The number of rotatable bonds is 2. The van der Waals surface area contributed by atoms with Crippen molar-refractivity contribution in [2.45, 2.75) is 0 Å². The molecule has 2 aromatic heterocycles. The SMILES string of the molecule is c1ccc(-c2cnccc2-c2ncco2)cc1. The molecule has 3 heteroatoms. The third kappa shape index (κ3) is 1.83. The van der Waals surface area contributed by atoms with Crippen molar-refractivity contribution in [1.82, 2.24) is 9.97 Å². The molecular weight excluding hydrogens is 212 g/mol. The fourth-order valence-electron chi connectivity index (χ4n) is 1.79. The molecule has 82 valence electrons. The summed E-state index contributed by atoms with van der Waals surface area (Å²) in [6.45, 7) is 0. The van der Waals surface area contributed by atoms with Crippen molar-refractivity contribution in [3.63, 3.8) is 0 Å². The van der Waals surface area contributed by atoms with Crippen molar-refractivity contribution < 1.29 is 4.42 Å². The lowest BCUT2D eigenvalue weighted by molar-refractivity contribution is 0.574. The molecule has 0 aliphatic heterocycles. The minimum atomic E-state index is 0.617. The average molecular weight is 222 g/mol. The van der Waals surface area contributed by atoms with Gasteiger partial charge < -0.3 is 4.42 Å². The minimum absolute atomic E-state index is 0.617. The standard InChI is InChI=1S/C14H10N2O/c1-2-4-11(5-3-1)13-10-15-7-6-12(13)14-16-8-9-17-14/h1-10H. The molecule has 0 amide bonds. The van der Waals surface area contributed by atoms with E-state index < -0.39 is 0 Å². The van der Waals surface area contributed by atoms with Crippen LogP contribution in [0.15, 0.2) is 65.7 Å². The van der Waals surface area contributed by atoms with Gasteiger partial charge in [-0.15, -0.1) is 0 Å². The van der Waals surface area contributed by atoms with E-state index in [1.165, 1.54) is 0 Å². The number of oxazole rings is 1. The number of benzene rings is 1. The molecule has 0 saturated carbocycles. The first-order valence-corrected chi connectivity index (χ1v) is 5.34. The summed E-state index contributed by atoms with van der Waals surface area (Å²) in [6, 6.07) is 12.0. The number of hydrogen-bond acceptors (Lipinski definition) is 3. The van der Waals surface area contributed by atoms with E-state index in [1.54, 1.807) is 18.7 Å². The normalized spacial score (nSPS) is 10.4. The van der Waals surface area contributed by atoms with Crippen LogP contribution < -0.4 is 0 Å². The highest BCUT2D eigenvalue weighted by Gasteiger charge is 2.09. The lowest BCUT2D eigenvalue weighted by Crippen LogP contribution is -1.86. The van der Waals surface area contributed by atoms with E-state index in [9.17, 15) is 0 Å². The van der Waals surface area contributed by atoms with E-state index in [1.807, 2.05) is 42.6 Å². The van der Waals surface area contributed by atoms with Gasteiger partial charge in [0.25, 0.3) is 0 Å². The molecule has 0 radical (unpaired) electrons. The van der Waals surface area contributed by atoms with Gasteiger partial charge in [0.05, 0.1) is 6.20 Å². The van der Waals surface area contributed by atoms with Gasteiger partial charge in [0.1, 0.15) is 6.26 Å². The molecule has 1 aromatic carbocycles. The Labute approximate surface area is 98.8 Å². The summed E-state index contributed by atoms with van der Waals surface area (Å²) in [4.78, 5) is 8.34. The van der Waals surface area contributed by atoms with E-state index in [4.69, 9.17) is 4.42 Å². The van der Waals surface area contributed by atoms with Gasteiger partial charge in [0, 0.05) is 23.5 Å². The van der Waals surface area contributed by atoms with Gasteiger partial charge in [-0.05, 0) is 11.6 Å². The predicted molar refractivity (Wildman–Crippen MR) is 65.2 cm³/mol. The lowest BCUT2D eigenvalue weighted by atomic mass is 10.0. The second-order valence-electron chi connectivity index (χ2n) is 3.62. The van der Waals surface area contributed by atoms with Crippen LogP contribution in [0.4, 0.5) is 0 Å². The molecule has 3 aromatic rings. The molecule has 0 bridgehead atoms. The summed E-state index contributed by atoms with van der Waals surface area (Å²) in [7, 11) is 0. The molecule has 0 aliphatic carbocycles. The molecule has 0 unspecified atom stereocenters. The highest BCUT2D eigenvalue weighted by atomic mass is 16.3. The summed E-state index contributed by atoms with van der Waals surface area (Å²) in [5.41, 5.74) is 3.08. The first-order valence-electron chi connectivity index (χ1n) is 5.34. The maximum absolute atomic E-state index is 5.34. The van der Waals surface area contributed by atoms with Gasteiger partial charge in [-0.25, -0.2) is 4.98 Å². The number of nitrogens with zero attached hydrogens (tertiary/aromatic N) is 2.